The van der Waals surface area contributed by atoms with Crippen molar-refractivity contribution < 1.29 is 14.6 Å². The van der Waals surface area contributed by atoms with Crippen molar-refractivity contribution in [2.24, 2.45) is 0 Å². The number of amides is 1. The van der Waals surface area contributed by atoms with E-state index in [1.165, 1.54) is 0 Å². The summed E-state index contributed by atoms with van der Waals surface area (Å²) in [4.78, 5) is 13.8. The monoisotopic (exact) mass is 277 g/mol. The standard InChI is InChI=1S/C16H23NO3/c1-12-8-13(2)10-14(9-12)20-11-15(18)17-6-4-16(3,19)5-7-17/h8-10,19H,4-7,11H2,1-3H3. The SMILES string of the molecule is Cc1cc(C)cc(OCC(=O)N2CCC(C)(O)CC2)c1. The second-order valence-corrected chi connectivity index (χ2v) is 5.99. The molecule has 1 aromatic carbocycles. The number of carbonyl (C=O) groups excluding carboxylic acids is 1. The molecule has 1 fully saturated rings. The molecule has 0 aliphatic carbocycles. The molecular weight excluding hydrogens is 254 g/mol. The Balaban J connectivity index is 1.86. The lowest BCUT2D eigenvalue weighted by molar-refractivity contribution is -0.137. The maximum atomic E-state index is 12.1. The van der Waals surface area contributed by atoms with Crippen LogP contribution in [0.3, 0.4) is 0 Å². The first-order valence-electron chi connectivity index (χ1n) is 7.07. The highest BCUT2D eigenvalue weighted by molar-refractivity contribution is 5.77. The molecule has 0 saturated carbocycles. The van der Waals surface area contributed by atoms with Gasteiger partial charge in [-0.05, 0) is 56.9 Å². The van der Waals surface area contributed by atoms with Crippen molar-refractivity contribution in [3.05, 3.63) is 29.3 Å². The van der Waals surface area contributed by atoms with Crippen molar-refractivity contribution in [1.82, 2.24) is 4.90 Å². The van der Waals surface area contributed by atoms with Crippen molar-refractivity contribution >= 4 is 5.91 Å². The van der Waals surface area contributed by atoms with E-state index in [9.17, 15) is 9.90 Å². The zero-order valence-electron chi connectivity index (χ0n) is 12.5. The van der Waals surface area contributed by atoms with Crippen LogP contribution in [0.2, 0.25) is 0 Å². The van der Waals surface area contributed by atoms with Gasteiger partial charge in [0.2, 0.25) is 0 Å². The molecule has 1 aliphatic heterocycles. The fourth-order valence-electron chi connectivity index (χ4n) is 2.49. The fraction of sp³-hybridized carbons (Fsp3) is 0.562. The Kier molecular flexibility index (Phi) is 4.33. The van der Waals surface area contributed by atoms with Crippen LogP contribution in [0.1, 0.15) is 30.9 Å². The summed E-state index contributed by atoms with van der Waals surface area (Å²) >= 11 is 0. The van der Waals surface area contributed by atoms with Crippen LogP contribution in [0.4, 0.5) is 0 Å². The van der Waals surface area contributed by atoms with Crippen molar-refractivity contribution in [3.8, 4) is 5.75 Å². The predicted molar refractivity (Wildman–Crippen MR) is 77.8 cm³/mol. The summed E-state index contributed by atoms with van der Waals surface area (Å²) in [6, 6.07) is 5.93. The van der Waals surface area contributed by atoms with Crippen LogP contribution in [-0.2, 0) is 4.79 Å². The molecule has 2 rings (SSSR count). The molecule has 20 heavy (non-hydrogen) atoms. The van der Waals surface area contributed by atoms with Crippen LogP contribution in [-0.4, -0.2) is 41.2 Å². The second kappa shape index (κ2) is 5.83. The third-order valence-corrected chi connectivity index (χ3v) is 3.75. The molecule has 0 aromatic heterocycles. The predicted octanol–water partition coefficient (Wildman–Crippen LogP) is 2.06. The van der Waals surface area contributed by atoms with E-state index < -0.39 is 5.60 Å². The highest BCUT2D eigenvalue weighted by Crippen LogP contribution is 2.21. The average molecular weight is 277 g/mol. The minimum absolute atomic E-state index is 0.0142. The van der Waals surface area contributed by atoms with Gasteiger partial charge < -0.3 is 14.7 Å². The number of hydrogen-bond acceptors (Lipinski definition) is 3. The van der Waals surface area contributed by atoms with Crippen LogP contribution >= 0.6 is 0 Å². The summed E-state index contributed by atoms with van der Waals surface area (Å²) in [7, 11) is 0. The first kappa shape index (κ1) is 14.9. The molecule has 110 valence electrons. The van der Waals surface area contributed by atoms with E-state index in [-0.39, 0.29) is 12.5 Å². The lowest BCUT2D eigenvalue weighted by Gasteiger charge is -2.35. The maximum Gasteiger partial charge on any atom is 0.260 e. The number of aryl methyl sites for hydroxylation is 2. The zero-order valence-corrected chi connectivity index (χ0v) is 12.5. The number of ether oxygens (including phenoxy) is 1. The molecule has 0 spiro atoms. The van der Waals surface area contributed by atoms with Gasteiger partial charge in [0.05, 0.1) is 5.60 Å². The molecule has 1 saturated heterocycles. The number of carbonyl (C=O) groups is 1. The van der Waals surface area contributed by atoms with Crippen LogP contribution in [0.5, 0.6) is 5.75 Å². The van der Waals surface area contributed by atoms with Gasteiger partial charge in [-0.3, -0.25) is 4.79 Å². The molecule has 4 nitrogen and oxygen atoms in total. The highest BCUT2D eigenvalue weighted by atomic mass is 16.5. The number of piperidine rings is 1. The lowest BCUT2D eigenvalue weighted by Crippen LogP contribution is -2.46. The Morgan fingerprint density at radius 3 is 2.35 bits per heavy atom. The van der Waals surface area contributed by atoms with E-state index >= 15 is 0 Å². The van der Waals surface area contributed by atoms with Gasteiger partial charge in [0, 0.05) is 13.1 Å². The van der Waals surface area contributed by atoms with Crippen molar-refractivity contribution in [1.29, 1.82) is 0 Å². The largest absolute Gasteiger partial charge is 0.484 e. The van der Waals surface area contributed by atoms with Gasteiger partial charge in [-0.15, -0.1) is 0 Å². The first-order valence-corrected chi connectivity index (χ1v) is 7.07. The minimum atomic E-state index is -0.634. The molecule has 0 bridgehead atoms. The molecule has 4 heteroatoms. The topological polar surface area (TPSA) is 49.8 Å². The summed E-state index contributed by atoms with van der Waals surface area (Å²) in [6.45, 7) is 7.10. The molecule has 0 radical (unpaired) electrons. The lowest BCUT2D eigenvalue weighted by atomic mass is 9.94. The molecule has 0 atom stereocenters. The summed E-state index contributed by atoms with van der Waals surface area (Å²) in [5, 5.41) is 9.87. The van der Waals surface area contributed by atoms with E-state index in [1.807, 2.05) is 32.9 Å². The van der Waals surface area contributed by atoms with Crippen molar-refractivity contribution in [3.63, 3.8) is 0 Å². The molecule has 0 unspecified atom stereocenters. The van der Waals surface area contributed by atoms with Crippen LogP contribution in [0.15, 0.2) is 18.2 Å². The van der Waals surface area contributed by atoms with Gasteiger partial charge in [-0.25, -0.2) is 0 Å². The van der Waals surface area contributed by atoms with Crippen LogP contribution in [0.25, 0.3) is 0 Å². The number of nitrogens with zero attached hydrogens (tertiary/aromatic N) is 1. The smallest absolute Gasteiger partial charge is 0.260 e. The fourth-order valence-corrected chi connectivity index (χ4v) is 2.49. The minimum Gasteiger partial charge on any atom is -0.484 e. The van der Waals surface area contributed by atoms with Gasteiger partial charge in [0.15, 0.2) is 6.61 Å². The number of rotatable bonds is 3. The van der Waals surface area contributed by atoms with Crippen LogP contribution < -0.4 is 4.74 Å². The summed E-state index contributed by atoms with van der Waals surface area (Å²) in [5.74, 6) is 0.722. The van der Waals surface area contributed by atoms with Gasteiger partial charge >= 0.3 is 0 Å². The van der Waals surface area contributed by atoms with Crippen molar-refractivity contribution in [2.45, 2.75) is 39.2 Å². The number of benzene rings is 1. The molecule has 1 amide bonds. The van der Waals surface area contributed by atoms with Gasteiger partial charge in [-0.2, -0.15) is 0 Å². The number of aliphatic hydroxyl groups is 1. The third kappa shape index (κ3) is 3.97. The quantitative estimate of drug-likeness (QED) is 0.920. The Morgan fingerprint density at radius 1 is 1.25 bits per heavy atom. The van der Waals surface area contributed by atoms with E-state index in [0.29, 0.717) is 25.9 Å². The summed E-state index contributed by atoms with van der Waals surface area (Å²) in [5.41, 5.74) is 1.62. The van der Waals surface area contributed by atoms with Crippen molar-refractivity contribution in [2.75, 3.05) is 19.7 Å². The average Bonchev–Trinajstić information content (AvgIpc) is 2.35. The molecule has 1 aliphatic rings. The van der Waals surface area contributed by atoms with Crippen LogP contribution in [0, 0.1) is 13.8 Å². The number of hydrogen-bond donors (Lipinski definition) is 1. The van der Waals surface area contributed by atoms with E-state index in [0.717, 1.165) is 16.9 Å². The molecule has 1 heterocycles. The Morgan fingerprint density at radius 2 is 1.80 bits per heavy atom. The van der Waals surface area contributed by atoms with E-state index in [1.54, 1.807) is 4.90 Å². The first-order chi connectivity index (χ1) is 9.35. The molecule has 1 aromatic rings. The molecule has 1 N–H and O–H groups in total. The van der Waals surface area contributed by atoms with Gasteiger partial charge in [0.1, 0.15) is 5.75 Å². The zero-order chi connectivity index (χ0) is 14.8. The summed E-state index contributed by atoms with van der Waals surface area (Å²) < 4.78 is 5.58. The normalized spacial score (nSPS) is 17.9. The maximum absolute atomic E-state index is 12.1. The Hall–Kier alpha value is -1.55. The van der Waals surface area contributed by atoms with E-state index in [2.05, 4.69) is 6.07 Å². The second-order valence-electron chi connectivity index (χ2n) is 5.99. The van der Waals surface area contributed by atoms with E-state index in [4.69, 9.17) is 4.74 Å². The molecular formula is C16H23NO3. The third-order valence-electron chi connectivity index (χ3n) is 3.75. The number of likely N-dealkylation sites (tertiary alicyclic amines) is 1. The Labute approximate surface area is 120 Å². The Bertz CT molecular complexity index is 466. The van der Waals surface area contributed by atoms with Gasteiger partial charge in [0.25, 0.3) is 5.91 Å². The van der Waals surface area contributed by atoms with Gasteiger partial charge in [-0.1, -0.05) is 6.07 Å². The highest BCUT2D eigenvalue weighted by Gasteiger charge is 2.29. The summed E-state index contributed by atoms with van der Waals surface area (Å²) in [6.07, 6.45) is 1.25.